The number of carbonyl (C=O) groups is 1. The highest BCUT2D eigenvalue weighted by molar-refractivity contribution is 6.35. The predicted molar refractivity (Wildman–Crippen MR) is 122 cm³/mol. The van der Waals surface area contributed by atoms with Crippen LogP contribution in [0.2, 0.25) is 10.0 Å². The lowest BCUT2D eigenvalue weighted by molar-refractivity contribution is 0.0955. The zero-order valence-corrected chi connectivity index (χ0v) is 18.4. The fraction of sp³-hybridized carbons (Fsp3) is 0.130. The molecule has 3 aromatic carbocycles. The van der Waals surface area contributed by atoms with Gasteiger partial charge < -0.3 is 14.2 Å². The molecule has 1 amide bonds. The van der Waals surface area contributed by atoms with Crippen molar-refractivity contribution in [2.24, 2.45) is 5.10 Å². The normalized spacial score (nSPS) is 10.7. The third kappa shape index (κ3) is 6.13. The highest BCUT2D eigenvalue weighted by atomic mass is 35.5. The molecule has 0 unspecified atom stereocenters. The Hall–Kier alpha value is -3.22. The summed E-state index contributed by atoms with van der Waals surface area (Å²) in [5.41, 5.74) is 4.47. The van der Waals surface area contributed by atoms with Crippen LogP contribution in [0.25, 0.3) is 0 Å². The number of carbonyl (C=O) groups excluding carboxylic acids is 1. The van der Waals surface area contributed by atoms with Crippen LogP contribution in [-0.2, 0) is 6.61 Å². The minimum atomic E-state index is -0.332. The molecule has 0 aliphatic carbocycles. The van der Waals surface area contributed by atoms with Crippen LogP contribution in [0.15, 0.2) is 65.8 Å². The summed E-state index contributed by atoms with van der Waals surface area (Å²) in [4.78, 5) is 12.2. The van der Waals surface area contributed by atoms with Gasteiger partial charge in [0.25, 0.3) is 5.91 Å². The number of benzene rings is 3. The maximum Gasteiger partial charge on any atom is 0.271 e. The number of hydrazone groups is 1. The maximum atomic E-state index is 12.2. The Kier molecular flexibility index (Phi) is 7.76. The number of amides is 1. The van der Waals surface area contributed by atoms with Gasteiger partial charge in [0.05, 0.1) is 20.4 Å². The first-order valence-corrected chi connectivity index (χ1v) is 9.98. The molecule has 0 aromatic heterocycles. The van der Waals surface area contributed by atoms with Crippen molar-refractivity contribution in [3.63, 3.8) is 0 Å². The molecule has 8 heteroatoms. The highest BCUT2D eigenvalue weighted by Crippen LogP contribution is 2.30. The van der Waals surface area contributed by atoms with Crippen LogP contribution in [0.5, 0.6) is 17.2 Å². The SMILES string of the molecule is COc1ccc(C(=O)N/N=C/c2ccc(OC)c(OCc3ccc(Cl)cc3Cl)c2)cc1. The van der Waals surface area contributed by atoms with Crippen molar-refractivity contribution in [1.82, 2.24) is 5.43 Å². The first-order chi connectivity index (χ1) is 15.0. The van der Waals surface area contributed by atoms with Gasteiger partial charge in [-0.2, -0.15) is 5.10 Å². The maximum absolute atomic E-state index is 12.2. The van der Waals surface area contributed by atoms with E-state index in [0.717, 1.165) is 5.56 Å². The third-order valence-electron chi connectivity index (χ3n) is 4.32. The number of methoxy groups -OCH3 is 2. The summed E-state index contributed by atoms with van der Waals surface area (Å²) in [6.45, 7) is 0.237. The summed E-state index contributed by atoms with van der Waals surface area (Å²) < 4.78 is 16.3. The summed E-state index contributed by atoms with van der Waals surface area (Å²) in [6.07, 6.45) is 1.52. The number of halogens is 2. The summed E-state index contributed by atoms with van der Waals surface area (Å²) in [6, 6.07) is 17.2. The Morgan fingerprint density at radius 3 is 2.42 bits per heavy atom. The molecule has 0 saturated carbocycles. The largest absolute Gasteiger partial charge is 0.497 e. The van der Waals surface area contributed by atoms with E-state index in [-0.39, 0.29) is 12.5 Å². The third-order valence-corrected chi connectivity index (χ3v) is 4.90. The summed E-state index contributed by atoms with van der Waals surface area (Å²) in [5, 5.41) is 5.09. The van der Waals surface area contributed by atoms with Gasteiger partial charge in [0.2, 0.25) is 0 Å². The first kappa shape index (κ1) is 22.5. The molecule has 0 aliphatic rings. The zero-order valence-electron chi connectivity index (χ0n) is 16.9. The molecule has 0 radical (unpaired) electrons. The van der Waals surface area contributed by atoms with Crippen LogP contribution in [0.1, 0.15) is 21.5 Å². The highest BCUT2D eigenvalue weighted by Gasteiger charge is 2.08. The second kappa shape index (κ2) is 10.7. The first-order valence-electron chi connectivity index (χ1n) is 9.22. The van der Waals surface area contributed by atoms with Gasteiger partial charge in [-0.25, -0.2) is 5.43 Å². The number of nitrogens with one attached hydrogen (secondary N) is 1. The molecule has 0 heterocycles. The van der Waals surface area contributed by atoms with Gasteiger partial charge in [0.1, 0.15) is 12.4 Å². The topological polar surface area (TPSA) is 69.2 Å². The fourth-order valence-electron chi connectivity index (χ4n) is 2.65. The number of ether oxygens (including phenoxy) is 3. The Bertz CT molecular complexity index is 1090. The predicted octanol–water partition coefficient (Wildman–Crippen LogP) is 5.35. The quantitative estimate of drug-likeness (QED) is 0.364. The van der Waals surface area contributed by atoms with Gasteiger partial charge in [-0.1, -0.05) is 29.3 Å². The van der Waals surface area contributed by atoms with Crippen LogP contribution in [0.3, 0.4) is 0 Å². The summed E-state index contributed by atoms with van der Waals surface area (Å²) in [5.74, 6) is 1.41. The standard InChI is InChI=1S/C23H20Cl2N2O4/c1-29-19-8-5-16(6-9-19)23(28)27-26-13-15-3-10-21(30-2)22(11-15)31-14-17-4-7-18(24)12-20(17)25/h3-13H,14H2,1-2H3,(H,27,28)/b26-13+. The van der Waals surface area contributed by atoms with E-state index in [1.165, 1.54) is 6.21 Å². The van der Waals surface area contributed by atoms with Crippen LogP contribution in [0.4, 0.5) is 0 Å². The molecule has 0 bridgehead atoms. The molecule has 0 aliphatic heterocycles. The second-order valence-corrected chi connectivity index (χ2v) is 7.21. The molecule has 3 rings (SSSR count). The molecule has 0 spiro atoms. The Morgan fingerprint density at radius 2 is 1.74 bits per heavy atom. The van der Waals surface area contributed by atoms with Crippen molar-refractivity contribution in [1.29, 1.82) is 0 Å². The van der Waals surface area contributed by atoms with Gasteiger partial charge in [0, 0.05) is 21.2 Å². The van der Waals surface area contributed by atoms with Crippen molar-refractivity contribution in [3.05, 3.63) is 87.4 Å². The summed E-state index contributed by atoms with van der Waals surface area (Å²) in [7, 11) is 3.12. The van der Waals surface area contributed by atoms with E-state index in [0.29, 0.717) is 38.4 Å². The number of nitrogens with zero attached hydrogens (tertiary/aromatic N) is 1. The van der Waals surface area contributed by atoms with Crippen molar-refractivity contribution < 1.29 is 19.0 Å². The van der Waals surface area contributed by atoms with E-state index < -0.39 is 0 Å². The van der Waals surface area contributed by atoms with E-state index in [4.69, 9.17) is 37.4 Å². The minimum absolute atomic E-state index is 0.237. The molecule has 0 atom stereocenters. The molecule has 6 nitrogen and oxygen atoms in total. The summed E-state index contributed by atoms with van der Waals surface area (Å²) >= 11 is 12.1. The Labute approximate surface area is 190 Å². The van der Waals surface area contributed by atoms with Crippen molar-refractivity contribution in [2.45, 2.75) is 6.61 Å². The van der Waals surface area contributed by atoms with Gasteiger partial charge in [0.15, 0.2) is 11.5 Å². The molecule has 1 N–H and O–H groups in total. The van der Waals surface area contributed by atoms with Crippen molar-refractivity contribution in [2.75, 3.05) is 14.2 Å². The number of rotatable bonds is 8. The number of hydrogen-bond donors (Lipinski definition) is 1. The van der Waals surface area contributed by atoms with Gasteiger partial charge in [-0.05, 0) is 60.2 Å². The molecular formula is C23H20Cl2N2O4. The molecule has 0 saturated heterocycles. The van der Waals surface area contributed by atoms with Gasteiger partial charge in [-0.15, -0.1) is 0 Å². The fourth-order valence-corrected chi connectivity index (χ4v) is 3.12. The van der Waals surface area contributed by atoms with Crippen LogP contribution in [-0.4, -0.2) is 26.3 Å². The van der Waals surface area contributed by atoms with Crippen LogP contribution in [0, 0.1) is 0 Å². The molecular weight excluding hydrogens is 439 g/mol. The average molecular weight is 459 g/mol. The number of hydrogen-bond acceptors (Lipinski definition) is 5. The zero-order chi connectivity index (χ0) is 22.2. The van der Waals surface area contributed by atoms with E-state index in [2.05, 4.69) is 10.5 Å². The monoisotopic (exact) mass is 458 g/mol. The molecule has 3 aromatic rings. The van der Waals surface area contributed by atoms with Crippen LogP contribution >= 0.6 is 23.2 Å². The van der Waals surface area contributed by atoms with Gasteiger partial charge in [-0.3, -0.25) is 4.79 Å². The Balaban J connectivity index is 1.66. The van der Waals surface area contributed by atoms with Gasteiger partial charge >= 0.3 is 0 Å². The lowest BCUT2D eigenvalue weighted by atomic mass is 10.2. The lowest BCUT2D eigenvalue weighted by Gasteiger charge is -2.12. The molecule has 160 valence electrons. The average Bonchev–Trinajstić information content (AvgIpc) is 2.78. The van der Waals surface area contributed by atoms with Crippen molar-refractivity contribution in [3.8, 4) is 17.2 Å². The van der Waals surface area contributed by atoms with Crippen LogP contribution < -0.4 is 19.6 Å². The lowest BCUT2D eigenvalue weighted by Crippen LogP contribution is -2.17. The van der Waals surface area contributed by atoms with E-state index in [9.17, 15) is 4.79 Å². The molecule has 0 fully saturated rings. The molecule has 31 heavy (non-hydrogen) atoms. The minimum Gasteiger partial charge on any atom is -0.497 e. The van der Waals surface area contributed by atoms with Crippen molar-refractivity contribution >= 4 is 35.3 Å². The Morgan fingerprint density at radius 1 is 0.968 bits per heavy atom. The van der Waals surface area contributed by atoms with E-state index in [1.54, 1.807) is 74.9 Å². The second-order valence-electron chi connectivity index (χ2n) is 6.36. The van der Waals surface area contributed by atoms with E-state index >= 15 is 0 Å². The smallest absolute Gasteiger partial charge is 0.271 e. The van der Waals surface area contributed by atoms with E-state index in [1.807, 2.05) is 0 Å².